The zero-order chi connectivity index (χ0) is 16.3. The molecule has 0 aliphatic carbocycles. The molecule has 0 aromatic heterocycles. The molecule has 0 aliphatic rings. The second-order valence-corrected chi connectivity index (χ2v) is 3.42. The Kier molecular flexibility index (Phi) is 4.26. The smallest absolute Gasteiger partial charge is 0.274 e. The lowest BCUT2D eigenvalue weighted by Gasteiger charge is -2.15. The Hall–Kier alpha value is -3.39. The van der Waals surface area contributed by atoms with E-state index in [1.807, 2.05) is 0 Å². The molecule has 1 rings (SSSR count). The van der Waals surface area contributed by atoms with Crippen LogP contribution < -0.4 is 22.1 Å². The van der Waals surface area contributed by atoms with E-state index in [1.54, 1.807) is 0 Å². The maximum Gasteiger partial charge on any atom is 0.350 e. The fraction of sp³-hybridized carbons (Fsp3) is 0. The third-order valence-corrected chi connectivity index (χ3v) is 2.24. The number of hydrogen-bond acceptors (Lipinski definition) is 9. The lowest BCUT2D eigenvalue weighted by atomic mass is 10.2. The van der Waals surface area contributed by atoms with Gasteiger partial charge in [-0.2, -0.15) is 0 Å². The molecule has 0 atom stereocenters. The van der Waals surface area contributed by atoms with Crippen LogP contribution in [0.2, 0.25) is 0 Å². The maximum absolute atomic E-state index is 11.3. The summed E-state index contributed by atoms with van der Waals surface area (Å²) in [6.07, 6.45) is 0. The number of anilines is 1. The number of nitrogens with two attached hydrogens (primary N) is 2. The van der Waals surface area contributed by atoms with E-state index >= 15 is 0 Å². The van der Waals surface area contributed by atoms with E-state index in [2.05, 4.69) is 0 Å². The first-order valence-corrected chi connectivity index (χ1v) is 4.87. The number of nitrogens with one attached hydrogen (secondary N) is 1. The van der Waals surface area contributed by atoms with E-state index in [-0.39, 0.29) is 5.01 Å². The highest BCUT2D eigenvalue weighted by Crippen LogP contribution is 2.39. The molecule has 0 saturated carbocycles. The van der Waals surface area contributed by atoms with Crippen molar-refractivity contribution in [2.24, 2.45) is 11.7 Å². The number of nitro groups is 3. The molecule has 1 aromatic carbocycles. The Bertz CT molecular complexity index is 609. The average Bonchev–Trinajstić information content (AvgIpc) is 2.43. The predicted octanol–water partition coefficient (Wildman–Crippen LogP) is -0.325. The molecule has 0 saturated heterocycles. The Morgan fingerprint density at radius 2 is 1.48 bits per heavy atom. The van der Waals surface area contributed by atoms with Crippen molar-refractivity contribution in [2.75, 3.05) is 5.01 Å². The number of carbonyl (C=O) groups is 1. The van der Waals surface area contributed by atoms with Crippen LogP contribution in [0.25, 0.3) is 0 Å². The van der Waals surface area contributed by atoms with Gasteiger partial charge < -0.3 is 0 Å². The summed E-state index contributed by atoms with van der Waals surface area (Å²) in [6, 6.07) is -0.423. The SMILES string of the molecule is NNC(=O)N(N)c1c([N+](=O)[O-])cc([N+](=O)[O-])cc1[N+](=O)[O-]. The van der Waals surface area contributed by atoms with Crippen molar-refractivity contribution in [3.63, 3.8) is 0 Å². The van der Waals surface area contributed by atoms with Gasteiger partial charge in [-0.15, -0.1) is 0 Å². The average molecular weight is 301 g/mol. The number of nitro benzene ring substituents is 3. The highest BCUT2D eigenvalue weighted by molar-refractivity contribution is 5.96. The first kappa shape index (κ1) is 15.7. The predicted molar refractivity (Wildman–Crippen MR) is 65.8 cm³/mol. The molecule has 14 heteroatoms. The first-order chi connectivity index (χ1) is 9.70. The van der Waals surface area contributed by atoms with Crippen LogP contribution in [0.5, 0.6) is 0 Å². The van der Waals surface area contributed by atoms with Crippen molar-refractivity contribution >= 4 is 28.8 Å². The van der Waals surface area contributed by atoms with Gasteiger partial charge in [0.2, 0.25) is 5.69 Å². The number of hydrazine groups is 2. The lowest BCUT2D eigenvalue weighted by Crippen LogP contribution is -2.48. The van der Waals surface area contributed by atoms with Gasteiger partial charge in [0.1, 0.15) is 0 Å². The molecule has 0 aliphatic heterocycles. The van der Waals surface area contributed by atoms with Crippen LogP contribution in [0.4, 0.5) is 27.5 Å². The van der Waals surface area contributed by atoms with Crippen molar-refractivity contribution in [2.45, 2.75) is 0 Å². The summed E-state index contributed by atoms with van der Waals surface area (Å²) >= 11 is 0. The van der Waals surface area contributed by atoms with Crippen LogP contribution in [-0.2, 0) is 0 Å². The third kappa shape index (κ3) is 2.96. The maximum atomic E-state index is 11.3. The van der Waals surface area contributed by atoms with E-state index < -0.39 is 43.6 Å². The van der Waals surface area contributed by atoms with Gasteiger partial charge in [0.05, 0.1) is 26.9 Å². The van der Waals surface area contributed by atoms with E-state index in [4.69, 9.17) is 11.7 Å². The second-order valence-electron chi connectivity index (χ2n) is 3.42. The van der Waals surface area contributed by atoms with Crippen molar-refractivity contribution < 1.29 is 19.6 Å². The molecule has 0 unspecified atom stereocenters. The minimum atomic E-state index is -1.30. The van der Waals surface area contributed by atoms with Gasteiger partial charge in [0.25, 0.3) is 5.69 Å². The number of nitrogens with zero attached hydrogens (tertiary/aromatic N) is 4. The zero-order valence-electron chi connectivity index (χ0n) is 9.96. The first-order valence-electron chi connectivity index (χ1n) is 4.87. The summed E-state index contributed by atoms with van der Waals surface area (Å²) in [7, 11) is 0. The van der Waals surface area contributed by atoms with Gasteiger partial charge in [-0.25, -0.2) is 21.5 Å². The molecule has 21 heavy (non-hydrogen) atoms. The molecular weight excluding hydrogens is 294 g/mol. The lowest BCUT2D eigenvalue weighted by molar-refractivity contribution is -0.402. The van der Waals surface area contributed by atoms with E-state index in [1.165, 1.54) is 5.43 Å². The number of rotatable bonds is 4. The normalized spacial score (nSPS) is 9.81. The van der Waals surface area contributed by atoms with Gasteiger partial charge >= 0.3 is 17.4 Å². The summed E-state index contributed by atoms with van der Waals surface area (Å²) in [5.41, 5.74) is -2.52. The van der Waals surface area contributed by atoms with Gasteiger partial charge in [0, 0.05) is 0 Å². The van der Waals surface area contributed by atoms with Crippen LogP contribution in [0.15, 0.2) is 12.1 Å². The van der Waals surface area contributed by atoms with Crippen LogP contribution in [0.1, 0.15) is 0 Å². The number of carbonyl (C=O) groups excluding carboxylic acids is 1. The molecule has 0 heterocycles. The van der Waals surface area contributed by atoms with Crippen molar-refractivity contribution in [3.8, 4) is 0 Å². The minimum Gasteiger partial charge on any atom is -0.274 e. The number of urea groups is 1. The number of amides is 2. The number of hydrogen-bond donors (Lipinski definition) is 3. The quantitative estimate of drug-likeness (QED) is 0.287. The monoisotopic (exact) mass is 301 g/mol. The molecule has 0 fully saturated rings. The Balaban J connectivity index is 3.73. The van der Waals surface area contributed by atoms with Crippen LogP contribution >= 0.6 is 0 Å². The number of benzene rings is 1. The highest BCUT2D eigenvalue weighted by atomic mass is 16.6. The summed E-state index contributed by atoms with van der Waals surface area (Å²) in [6.45, 7) is 0. The molecule has 14 nitrogen and oxygen atoms in total. The van der Waals surface area contributed by atoms with Crippen molar-refractivity contribution in [3.05, 3.63) is 42.5 Å². The molecule has 0 spiro atoms. The molecule has 0 bridgehead atoms. The summed E-state index contributed by atoms with van der Waals surface area (Å²) in [5.74, 6) is 9.99. The van der Waals surface area contributed by atoms with Crippen molar-refractivity contribution in [1.82, 2.24) is 5.43 Å². The second kappa shape index (κ2) is 5.72. The van der Waals surface area contributed by atoms with E-state index in [0.29, 0.717) is 12.1 Å². The Morgan fingerprint density at radius 1 is 1.05 bits per heavy atom. The zero-order valence-corrected chi connectivity index (χ0v) is 9.96. The van der Waals surface area contributed by atoms with Crippen LogP contribution in [-0.4, -0.2) is 20.8 Å². The standard InChI is InChI=1S/C7H7N7O7/c8-10-7(15)11(9)6-4(13(18)19)1-3(12(16)17)2-5(6)14(20)21/h1-2H,8-9H2,(H,10,15). The van der Waals surface area contributed by atoms with Gasteiger partial charge in [-0.1, -0.05) is 0 Å². The minimum absolute atomic E-state index is 0.0139. The Morgan fingerprint density at radius 3 is 1.76 bits per heavy atom. The fourth-order valence-electron chi connectivity index (χ4n) is 1.39. The molecule has 1 aromatic rings. The summed E-state index contributed by atoms with van der Waals surface area (Å²) in [4.78, 5) is 40.3. The fourth-order valence-corrected chi connectivity index (χ4v) is 1.39. The van der Waals surface area contributed by atoms with Gasteiger partial charge in [0.15, 0.2) is 0 Å². The molecule has 112 valence electrons. The third-order valence-electron chi connectivity index (χ3n) is 2.24. The van der Waals surface area contributed by atoms with Gasteiger partial charge in [-0.05, 0) is 0 Å². The topological polar surface area (TPSA) is 214 Å². The molecule has 2 amide bonds. The number of non-ortho nitro benzene ring substituents is 1. The van der Waals surface area contributed by atoms with E-state index in [0.717, 1.165) is 0 Å². The molecule has 0 radical (unpaired) electrons. The summed E-state index contributed by atoms with van der Waals surface area (Å²) < 4.78 is 0. The van der Waals surface area contributed by atoms with Crippen molar-refractivity contribution in [1.29, 1.82) is 0 Å². The Labute approximate surface area is 114 Å². The van der Waals surface area contributed by atoms with Crippen LogP contribution in [0, 0.1) is 30.3 Å². The van der Waals surface area contributed by atoms with Crippen LogP contribution in [0.3, 0.4) is 0 Å². The van der Waals surface area contributed by atoms with E-state index in [9.17, 15) is 35.1 Å². The summed E-state index contributed by atoms with van der Waals surface area (Å²) in [5, 5.41) is 32.5. The molecule has 5 N–H and O–H groups in total. The largest absolute Gasteiger partial charge is 0.350 e. The van der Waals surface area contributed by atoms with Gasteiger partial charge in [-0.3, -0.25) is 35.8 Å². The molecular formula is C7H7N7O7. The highest BCUT2D eigenvalue weighted by Gasteiger charge is 2.35.